The zero-order chi connectivity index (χ0) is 38.8. The molecule has 2 aliphatic rings. The molecule has 0 nitrogen and oxygen atoms in total. The van der Waals surface area contributed by atoms with Crippen LogP contribution in [0.4, 0.5) is 0 Å². The summed E-state index contributed by atoms with van der Waals surface area (Å²) in [6.45, 7) is 0. The molecule has 4 heteroatoms. The van der Waals surface area contributed by atoms with Gasteiger partial charge in [-0.15, -0.1) is 35.4 Å². The first-order chi connectivity index (χ1) is 28.2. The van der Waals surface area contributed by atoms with Crippen molar-refractivity contribution < 1.29 is 44.8 Å². The summed E-state index contributed by atoms with van der Waals surface area (Å²) in [5.41, 5.74) is 12.4. The van der Waals surface area contributed by atoms with E-state index in [1.807, 2.05) is 12.1 Å². The van der Waals surface area contributed by atoms with Gasteiger partial charge in [0.1, 0.15) is 37.1 Å². The summed E-state index contributed by atoms with van der Waals surface area (Å²) in [7, 11) is -1.69. The van der Waals surface area contributed by atoms with Crippen LogP contribution in [0.1, 0.15) is 33.4 Å². The molecule has 292 valence electrons. The Kier molecular flexibility index (Phi) is 15.9. The number of hydrogen-bond donors (Lipinski definition) is 0. The van der Waals surface area contributed by atoms with Crippen LogP contribution in [0.2, 0.25) is 0 Å². The molecule has 0 N–H and O–H groups in total. The molecule has 0 saturated heterocycles. The molecule has 0 atom stereocenters. The van der Waals surface area contributed by atoms with Crippen molar-refractivity contribution in [3.8, 4) is 34.1 Å². The average Bonchev–Trinajstić information content (AvgIpc) is 3.86. The molecule has 8 aromatic carbocycles. The Hall–Kier alpha value is -4.78. The molecule has 0 amide bonds. The van der Waals surface area contributed by atoms with E-state index in [1.165, 1.54) is 71.6 Å². The first-order valence-electron chi connectivity index (χ1n) is 19.4. The van der Waals surface area contributed by atoms with Gasteiger partial charge in [-0.05, 0) is 94.8 Å². The average molecular weight is 1160 g/mol. The third kappa shape index (κ3) is 10.5. The number of fused-ring (bicyclic) bond motifs is 6. The summed E-state index contributed by atoms with van der Waals surface area (Å²) < 4.78 is 0. The van der Waals surface area contributed by atoms with Crippen LogP contribution in [-0.4, -0.2) is 5.90 Å². The van der Waals surface area contributed by atoms with Gasteiger partial charge in [0.25, 0.3) is 0 Å². The maximum absolute atomic E-state index is 7.12. The van der Waals surface area contributed by atoms with Crippen LogP contribution in [0.5, 0.6) is 0 Å². The molecule has 0 aliphatic heterocycles. The Bertz CT molecular complexity index is 2420. The van der Waals surface area contributed by atoms with Gasteiger partial charge in [-0.2, -0.15) is 0 Å². The van der Waals surface area contributed by atoms with Crippen LogP contribution < -0.4 is 21.2 Å². The van der Waals surface area contributed by atoms with E-state index in [2.05, 4.69) is 206 Å². The van der Waals surface area contributed by atoms with Crippen LogP contribution >= 0.6 is 15.8 Å². The molecule has 0 bridgehead atoms. The van der Waals surface area contributed by atoms with E-state index in [-0.39, 0.29) is 44.8 Å². The van der Waals surface area contributed by atoms with Gasteiger partial charge in [0.05, 0.1) is 0 Å². The zero-order valence-electron chi connectivity index (χ0n) is 32.4. The van der Waals surface area contributed by atoms with Gasteiger partial charge in [-0.3, -0.25) is 11.8 Å². The maximum atomic E-state index is 7.12. The predicted molar refractivity (Wildman–Crippen MR) is 248 cm³/mol. The largest absolute Gasteiger partial charge is 1.00 e. The van der Waals surface area contributed by atoms with Gasteiger partial charge in [0.15, 0.2) is 5.90 Å². The minimum Gasteiger partial charge on any atom is -0.366 e. The fourth-order valence-corrected chi connectivity index (χ4v) is 15.6. The monoisotopic (exact) mass is 1160 g/mol. The summed E-state index contributed by atoms with van der Waals surface area (Å²) in [5, 5.41) is 6.01. The maximum Gasteiger partial charge on any atom is 1.00 e. The number of hydrogen-bond acceptors (Lipinski definition) is 0. The van der Waals surface area contributed by atoms with Crippen molar-refractivity contribution in [2.75, 3.05) is 5.90 Å². The van der Waals surface area contributed by atoms with E-state index in [1.54, 1.807) is 0 Å². The molecule has 8 aromatic rings. The Morgan fingerprint density at radius 3 is 0.949 bits per heavy atom. The van der Waals surface area contributed by atoms with Gasteiger partial charge >= 0.3 is 44.8 Å². The van der Waals surface area contributed by atoms with Crippen LogP contribution in [0.15, 0.2) is 206 Å². The van der Waals surface area contributed by atoms with Gasteiger partial charge in [-0.1, -0.05) is 145 Å². The number of rotatable bonds is 6. The van der Waals surface area contributed by atoms with Crippen molar-refractivity contribution in [3.63, 3.8) is 0 Å². The molecule has 59 heavy (non-hydrogen) atoms. The second-order valence-corrected chi connectivity index (χ2v) is 19.9. The molecular formula is C55H42Au2P2+2. The van der Waals surface area contributed by atoms with E-state index in [0.717, 1.165) is 24.0 Å². The van der Waals surface area contributed by atoms with Crippen molar-refractivity contribution >= 4 is 37.1 Å². The van der Waals surface area contributed by atoms with Crippen LogP contribution in [0.25, 0.3) is 22.3 Å². The zero-order valence-corrected chi connectivity index (χ0v) is 38.7. The third-order valence-electron chi connectivity index (χ3n) is 10.7. The Labute approximate surface area is 384 Å². The van der Waals surface area contributed by atoms with Crippen LogP contribution in [-0.2, 0) is 57.6 Å². The molecular weight excluding hydrogens is 1120 g/mol. The molecule has 0 heterocycles. The van der Waals surface area contributed by atoms with Crippen molar-refractivity contribution in [3.05, 3.63) is 252 Å². The quantitative estimate of drug-likeness (QED) is 0.0674. The molecule has 0 fully saturated rings. The summed E-state index contributed by atoms with van der Waals surface area (Å²) in [6.07, 6.45) is 16.2. The van der Waals surface area contributed by atoms with E-state index in [4.69, 9.17) is 12.8 Å². The van der Waals surface area contributed by atoms with Gasteiger partial charge in [0, 0.05) is 0 Å². The third-order valence-corrected chi connectivity index (χ3v) is 17.7. The second-order valence-electron chi connectivity index (χ2n) is 14.3. The topological polar surface area (TPSA) is 0 Å². The smallest absolute Gasteiger partial charge is 0.366 e. The predicted octanol–water partition coefficient (Wildman–Crippen LogP) is 11.1. The number of benzene rings is 8. The Balaban J connectivity index is 0.000000156. The first kappa shape index (κ1) is 43.8. The fourth-order valence-electron chi connectivity index (χ4n) is 7.92. The summed E-state index contributed by atoms with van der Waals surface area (Å²) in [6, 6.07) is 73.6. The first-order valence-corrected chi connectivity index (χ1v) is 22.8. The van der Waals surface area contributed by atoms with E-state index >= 15 is 0 Å². The molecule has 10 rings (SSSR count). The molecule has 2 aliphatic carbocycles. The van der Waals surface area contributed by atoms with Crippen molar-refractivity contribution in [2.45, 2.75) is 12.8 Å². The summed E-state index contributed by atoms with van der Waals surface area (Å²) >= 11 is 0. The minimum atomic E-state index is -0.847. The van der Waals surface area contributed by atoms with E-state index in [0.29, 0.717) is 0 Å². The summed E-state index contributed by atoms with van der Waals surface area (Å²) in [5.74, 6) is 6.11. The molecule has 0 radical (unpaired) electrons. The fraction of sp³-hybridized carbons (Fsp3) is 0.0545. The van der Waals surface area contributed by atoms with Crippen molar-refractivity contribution in [1.82, 2.24) is 0 Å². The molecule has 0 spiro atoms. The van der Waals surface area contributed by atoms with Crippen molar-refractivity contribution in [1.29, 1.82) is 0 Å². The van der Waals surface area contributed by atoms with E-state index in [9.17, 15) is 0 Å². The van der Waals surface area contributed by atoms with Crippen LogP contribution in [0, 0.1) is 24.7 Å². The standard InChI is InChI=1S/C25H22P2.2C15H9.2Au/c1-5-13-22(14-6-1)26(23-15-7-2-8-16-23)21-27(24-17-9-3-10-18-24)25-19-11-4-12-20-25;2*1-2-11-7-8-15-13(9-11)10-12-5-3-4-6-14(12)15;;/h1-20H,21H2;2*3-9H,10H2;;/q;2*-1;2*+1/p+2. The molecule has 0 aromatic heterocycles. The Morgan fingerprint density at radius 2 is 0.627 bits per heavy atom. The van der Waals surface area contributed by atoms with Gasteiger partial charge in [-0.25, -0.2) is 0 Å². The Morgan fingerprint density at radius 1 is 0.339 bits per heavy atom. The van der Waals surface area contributed by atoms with Crippen molar-refractivity contribution in [2.24, 2.45) is 0 Å². The SMILES string of the molecule is [Au+].[Au+].[C-]#Cc1ccc2c(c1)Cc1ccccc1-2.[C-]#Cc1ccc2c(c1)Cc1ccccc1-2.c1ccc([PH+](C[PH+](c2ccccc2)c2ccccc2)c2ccccc2)cc1. The van der Waals surface area contributed by atoms with Gasteiger partial charge < -0.3 is 12.8 Å². The molecule has 0 saturated carbocycles. The van der Waals surface area contributed by atoms with E-state index < -0.39 is 15.8 Å². The normalized spacial score (nSPS) is 11.0. The molecule has 0 unspecified atom stereocenters. The van der Waals surface area contributed by atoms with Crippen LogP contribution in [0.3, 0.4) is 0 Å². The second kappa shape index (κ2) is 21.5. The minimum absolute atomic E-state index is 0. The van der Waals surface area contributed by atoms with Gasteiger partial charge in [0.2, 0.25) is 0 Å². The summed E-state index contributed by atoms with van der Waals surface area (Å²) in [4.78, 5) is 0.